The normalized spacial score (nSPS) is 13.7. The molecule has 2 rings (SSSR count). The number of rotatable bonds is 5. The number of thioether (sulfide) groups is 1. The van der Waals surface area contributed by atoms with Crippen LogP contribution in [0.15, 0.2) is 59.8 Å². The van der Waals surface area contributed by atoms with Crippen LogP contribution >= 0.6 is 11.8 Å². The first kappa shape index (κ1) is 13.6. The van der Waals surface area contributed by atoms with E-state index < -0.39 is 11.4 Å². The number of aromatic nitrogens is 1. The Balaban J connectivity index is 2.19. The van der Waals surface area contributed by atoms with Gasteiger partial charge in [0.05, 0.1) is 5.03 Å². The summed E-state index contributed by atoms with van der Waals surface area (Å²) in [5.74, 6) is -0.189. The lowest BCUT2D eigenvalue weighted by molar-refractivity contribution is -0.122. The largest absolute Gasteiger partial charge is 0.368 e. The Morgan fingerprint density at radius 3 is 2.42 bits per heavy atom. The molecule has 0 aliphatic carbocycles. The smallest absolute Gasteiger partial charge is 0.243 e. The molecule has 19 heavy (non-hydrogen) atoms. The van der Waals surface area contributed by atoms with Gasteiger partial charge >= 0.3 is 0 Å². The first-order chi connectivity index (χ1) is 9.13. The SMILES string of the molecule is NC(=O)C(N)(CSc1ccccn1)c1ccccc1. The number of benzene rings is 1. The van der Waals surface area contributed by atoms with Gasteiger partial charge in [-0.3, -0.25) is 4.79 Å². The van der Waals surface area contributed by atoms with Crippen molar-refractivity contribution in [1.82, 2.24) is 4.98 Å². The fourth-order valence-electron chi connectivity index (χ4n) is 1.65. The van der Waals surface area contributed by atoms with Gasteiger partial charge in [-0.15, -0.1) is 11.8 Å². The van der Waals surface area contributed by atoms with Gasteiger partial charge < -0.3 is 11.5 Å². The van der Waals surface area contributed by atoms with Crippen LogP contribution in [0.5, 0.6) is 0 Å². The molecule has 2 aromatic rings. The van der Waals surface area contributed by atoms with Crippen molar-refractivity contribution in [1.29, 1.82) is 0 Å². The summed E-state index contributed by atoms with van der Waals surface area (Å²) in [6.07, 6.45) is 1.70. The maximum atomic E-state index is 11.7. The average molecular weight is 273 g/mol. The quantitative estimate of drug-likeness (QED) is 0.809. The zero-order valence-corrected chi connectivity index (χ0v) is 11.1. The van der Waals surface area contributed by atoms with E-state index in [1.165, 1.54) is 11.8 Å². The molecule has 4 N–H and O–H groups in total. The first-order valence-electron chi connectivity index (χ1n) is 5.81. The maximum Gasteiger partial charge on any atom is 0.243 e. The molecule has 0 radical (unpaired) electrons. The van der Waals surface area contributed by atoms with Gasteiger partial charge in [-0.25, -0.2) is 4.98 Å². The van der Waals surface area contributed by atoms with Crippen molar-refractivity contribution >= 4 is 17.7 Å². The maximum absolute atomic E-state index is 11.7. The summed E-state index contributed by atoms with van der Waals surface area (Å²) in [4.78, 5) is 15.9. The lowest BCUT2D eigenvalue weighted by Gasteiger charge is -2.25. The topological polar surface area (TPSA) is 82.0 Å². The summed E-state index contributed by atoms with van der Waals surface area (Å²) in [7, 11) is 0. The standard InChI is InChI=1S/C14H15N3OS/c15-13(18)14(16,11-6-2-1-3-7-11)10-19-12-8-4-5-9-17-12/h1-9H,10,16H2,(H2,15,18). The second-order valence-electron chi connectivity index (χ2n) is 4.16. The van der Waals surface area contributed by atoms with Crippen molar-refractivity contribution in [2.45, 2.75) is 10.6 Å². The number of amides is 1. The van der Waals surface area contributed by atoms with Crippen molar-refractivity contribution < 1.29 is 4.79 Å². The summed E-state index contributed by atoms with van der Waals surface area (Å²) in [5, 5.41) is 0.814. The molecular formula is C14H15N3OS. The molecule has 0 saturated heterocycles. The minimum absolute atomic E-state index is 0.351. The van der Waals surface area contributed by atoms with Crippen LogP contribution in [0.1, 0.15) is 5.56 Å². The highest BCUT2D eigenvalue weighted by Crippen LogP contribution is 2.26. The minimum atomic E-state index is -1.19. The Hall–Kier alpha value is -1.85. The number of carbonyl (C=O) groups is 1. The third-order valence-electron chi connectivity index (χ3n) is 2.81. The molecule has 1 amide bonds. The molecule has 1 unspecified atom stereocenters. The van der Waals surface area contributed by atoms with Crippen molar-refractivity contribution in [2.24, 2.45) is 11.5 Å². The predicted octanol–water partition coefficient (Wildman–Crippen LogP) is 1.51. The lowest BCUT2D eigenvalue weighted by atomic mass is 9.92. The second-order valence-corrected chi connectivity index (χ2v) is 5.15. The molecule has 0 bridgehead atoms. The van der Waals surface area contributed by atoms with Crippen molar-refractivity contribution in [3.05, 3.63) is 60.3 Å². The number of primary amides is 1. The Morgan fingerprint density at radius 2 is 1.84 bits per heavy atom. The van der Waals surface area contributed by atoms with Gasteiger partial charge in [-0.1, -0.05) is 36.4 Å². The molecule has 0 aliphatic heterocycles. The van der Waals surface area contributed by atoms with Gasteiger partial charge in [0.25, 0.3) is 0 Å². The molecule has 0 fully saturated rings. The van der Waals surface area contributed by atoms with E-state index in [2.05, 4.69) is 4.98 Å². The molecule has 4 nitrogen and oxygen atoms in total. The van der Waals surface area contributed by atoms with Crippen LogP contribution < -0.4 is 11.5 Å². The zero-order chi connectivity index (χ0) is 13.7. The summed E-state index contributed by atoms with van der Waals surface area (Å²) >= 11 is 1.41. The van der Waals surface area contributed by atoms with E-state index in [4.69, 9.17) is 11.5 Å². The molecule has 1 atom stereocenters. The molecule has 1 aromatic heterocycles. The van der Waals surface area contributed by atoms with Crippen LogP contribution in [0.4, 0.5) is 0 Å². The number of nitrogens with zero attached hydrogens (tertiary/aromatic N) is 1. The third kappa shape index (κ3) is 3.13. The molecular weight excluding hydrogens is 258 g/mol. The molecule has 1 heterocycles. The highest BCUT2D eigenvalue weighted by atomic mass is 32.2. The van der Waals surface area contributed by atoms with Crippen LogP contribution in [0.3, 0.4) is 0 Å². The Bertz CT molecular complexity index is 547. The predicted molar refractivity (Wildman–Crippen MR) is 76.5 cm³/mol. The van der Waals surface area contributed by atoms with Crippen LogP contribution in [0.25, 0.3) is 0 Å². The first-order valence-corrected chi connectivity index (χ1v) is 6.79. The molecule has 98 valence electrons. The fraction of sp³-hybridized carbons (Fsp3) is 0.143. The summed E-state index contributed by atoms with van der Waals surface area (Å²) in [5.41, 5.74) is 11.2. The van der Waals surface area contributed by atoms with Crippen LogP contribution in [0, 0.1) is 0 Å². The zero-order valence-electron chi connectivity index (χ0n) is 10.3. The third-order valence-corrected chi connectivity index (χ3v) is 3.95. The van der Waals surface area contributed by atoms with Gasteiger partial charge in [0, 0.05) is 11.9 Å². The Kier molecular flexibility index (Phi) is 4.19. The number of hydrogen-bond donors (Lipinski definition) is 2. The second kappa shape index (κ2) is 5.86. The molecule has 0 saturated carbocycles. The van der Waals surface area contributed by atoms with E-state index >= 15 is 0 Å². The van der Waals surface area contributed by atoms with E-state index in [1.807, 2.05) is 48.5 Å². The van der Waals surface area contributed by atoms with Crippen molar-refractivity contribution in [3.63, 3.8) is 0 Å². The Morgan fingerprint density at radius 1 is 1.16 bits per heavy atom. The number of nitrogens with two attached hydrogens (primary N) is 2. The number of hydrogen-bond acceptors (Lipinski definition) is 4. The van der Waals surface area contributed by atoms with Gasteiger partial charge in [-0.2, -0.15) is 0 Å². The van der Waals surface area contributed by atoms with Crippen LogP contribution in [-0.4, -0.2) is 16.6 Å². The molecule has 1 aromatic carbocycles. The highest BCUT2D eigenvalue weighted by Gasteiger charge is 2.34. The van der Waals surface area contributed by atoms with Crippen molar-refractivity contribution in [3.8, 4) is 0 Å². The lowest BCUT2D eigenvalue weighted by Crippen LogP contribution is -2.51. The number of pyridine rings is 1. The fourth-order valence-corrected chi connectivity index (χ4v) is 2.65. The molecule has 0 spiro atoms. The van der Waals surface area contributed by atoms with E-state index in [0.29, 0.717) is 11.3 Å². The van der Waals surface area contributed by atoms with Gasteiger partial charge in [0.1, 0.15) is 5.54 Å². The van der Waals surface area contributed by atoms with E-state index in [-0.39, 0.29) is 0 Å². The van der Waals surface area contributed by atoms with Crippen LogP contribution in [-0.2, 0) is 10.3 Å². The van der Waals surface area contributed by atoms with Crippen LogP contribution in [0.2, 0.25) is 0 Å². The van der Waals surface area contributed by atoms with Gasteiger partial charge in [0.2, 0.25) is 5.91 Å². The average Bonchev–Trinajstić information content (AvgIpc) is 2.46. The van der Waals surface area contributed by atoms with E-state index in [0.717, 1.165) is 5.03 Å². The summed E-state index contributed by atoms with van der Waals surface area (Å²) in [6, 6.07) is 14.8. The summed E-state index contributed by atoms with van der Waals surface area (Å²) in [6.45, 7) is 0. The summed E-state index contributed by atoms with van der Waals surface area (Å²) < 4.78 is 0. The molecule has 5 heteroatoms. The van der Waals surface area contributed by atoms with Crippen molar-refractivity contribution in [2.75, 3.05) is 5.75 Å². The minimum Gasteiger partial charge on any atom is -0.368 e. The number of carbonyl (C=O) groups excluding carboxylic acids is 1. The highest BCUT2D eigenvalue weighted by molar-refractivity contribution is 7.99. The Labute approximate surface area is 116 Å². The van der Waals surface area contributed by atoms with Gasteiger partial charge in [-0.05, 0) is 17.7 Å². The molecule has 0 aliphatic rings. The van der Waals surface area contributed by atoms with Gasteiger partial charge in [0.15, 0.2) is 0 Å². The monoisotopic (exact) mass is 273 g/mol. The van der Waals surface area contributed by atoms with E-state index in [9.17, 15) is 4.79 Å². The van der Waals surface area contributed by atoms with E-state index in [1.54, 1.807) is 6.20 Å².